The van der Waals surface area contributed by atoms with Gasteiger partial charge >= 0.3 is 0 Å². The van der Waals surface area contributed by atoms with Crippen molar-refractivity contribution in [2.75, 3.05) is 0 Å². The molecule has 19 heavy (non-hydrogen) atoms. The third kappa shape index (κ3) is 2.40. The van der Waals surface area contributed by atoms with Crippen molar-refractivity contribution in [3.05, 3.63) is 68.7 Å². The predicted octanol–water partition coefficient (Wildman–Crippen LogP) is 4.26. The molecule has 0 fully saturated rings. The number of nitrogens with zero attached hydrogens (tertiary/aromatic N) is 1. The molecule has 1 amide bonds. The topological polar surface area (TPSA) is 20.3 Å². The zero-order chi connectivity index (χ0) is 13.4. The molecular weight excluding hydrogens is 326 g/mol. The lowest BCUT2D eigenvalue weighted by Gasteiger charge is -2.15. The number of carbonyl (C=O) groups excluding carboxylic acids is 1. The Balaban J connectivity index is 1.89. The van der Waals surface area contributed by atoms with Crippen molar-refractivity contribution in [2.24, 2.45) is 0 Å². The molecule has 0 unspecified atom stereocenters. The molecular formula is C15H11BrClNO. The van der Waals surface area contributed by atoms with Crippen molar-refractivity contribution < 1.29 is 4.79 Å². The van der Waals surface area contributed by atoms with Crippen LogP contribution in [-0.4, -0.2) is 10.8 Å². The van der Waals surface area contributed by atoms with Crippen LogP contribution in [0.5, 0.6) is 0 Å². The van der Waals surface area contributed by atoms with E-state index >= 15 is 0 Å². The third-order valence-electron chi connectivity index (χ3n) is 3.22. The molecule has 3 rings (SSSR count). The van der Waals surface area contributed by atoms with Gasteiger partial charge in [0, 0.05) is 17.6 Å². The monoisotopic (exact) mass is 335 g/mol. The van der Waals surface area contributed by atoms with Gasteiger partial charge < -0.3 is 4.90 Å². The quantitative estimate of drug-likeness (QED) is 0.802. The zero-order valence-corrected chi connectivity index (χ0v) is 12.4. The van der Waals surface area contributed by atoms with Crippen LogP contribution >= 0.6 is 27.5 Å². The van der Waals surface area contributed by atoms with Crippen molar-refractivity contribution >= 4 is 33.4 Å². The van der Waals surface area contributed by atoms with E-state index in [9.17, 15) is 4.79 Å². The van der Waals surface area contributed by atoms with Crippen molar-refractivity contribution in [1.82, 2.24) is 4.90 Å². The molecule has 0 spiro atoms. The summed E-state index contributed by atoms with van der Waals surface area (Å²) in [6, 6.07) is 13.7. The number of carbonyl (C=O) groups is 1. The molecule has 0 N–H and O–H groups in total. The van der Waals surface area contributed by atoms with Gasteiger partial charge in [0.1, 0.15) is 0 Å². The predicted molar refractivity (Wildman–Crippen MR) is 79.2 cm³/mol. The molecule has 0 saturated heterocycles. The van der Waals surface area contributed by atoms with Gasteiger partial charge in [0.25, 0.3) is 5.91 Å². The van der Waals surface area contributed by atoms with E-state index in [1.807, 2.05) is 41.3 Å². The first-order valence-electron chi connectivity index (χ1n) is 5.96. The van der Waals surface area contributed by atoms with E-state index in [2.05, 4.69) is 15.9 Å². The lowest BCUT2D eigenvalue weighted by Crippen LogP contribution is -2.23. The number of halogens is 2. The van der Waals surface area contributed by atoms with E-state index in [4.69, 9.17) is 11.6 Å². The van der Waals surface area contributed by atoms with E-state index in [0.717, 1.165) is 15.6 Å². The molecule has 0 bridgehead atoms. The number of hydrogen-bond donors (Lipinski definition) is 0. The Kier molecular flexibility index (Phi) is 3.33. The number of benzene rings is 2. The molecule has 1 aliphatic heterocycles. The molecule has 0 saturated carbocycles. The summed E-state index contributed by atoms with van der Waals surface area (Å²) in [6.07, 6.45) is 0. The molecule has 2 aromatic rings. The minimum Gasteiger partial charge on any atom is -0.330 e. The molecule has 0 atom stereocenters. The van der Waals surface area contributed by atoms with Gasteiger partial charge in [-0.3, -0.25) is 4.79 Å². The number of amides is 1. The van der Waals surface area contributed by atoms with Gasteiger partial charge in [-0.2, -0.15) is 0 Å². The summed E-state index contributed by atoms with van der Waals surface area (Å²) in [5, 5.41) is 0.518. The van der Waals surface area contributed by atoms with Gasteiger partial charge in [0.05, 0.1) is 10.6 Å². The van der Waals surface area contributed by atoms with Crippen molar-refractivity contribution in [2.45, 2.75) is 13.1 Å². The van der Waals surface area contributed by atoms with Gasteiger partial charge in [-0.1, -0.05) is 57.9 Å². The van der Waals surface area contributed by atoms with Crippen LogP contribution in [0.15, 0.2) is 46.9 Å². The van der Waals surface area contributed by atoms with Crippen LogP contribution in [0.25, 0.3) is 0 Å². The van der Waals surface area contributed by atoms with Gasteiger partial charge in [-0.15, -0.1) is 0 Å². The van der Waals surface area contributed by atoms with Crippen LogP contribution in [0.3, 0.4) is 0 Å². The summed E-state index contributed by atoms with van der Waals surface area (Å²) < 4.78 is 0.908. The van der Waals surface area contributed by atoms with Crippen LogP contribution < -0.4 is 0 Å². The normalized spacial score (nSPS) is 13.8. The lowest BCUT2D eigenvalue weighted by atomic mass is 10.1. The zero-order valence-electron chi connectivity index (χ0n) is 10.1. The average molecular weight is 337 g/mol. The summed E-state index contributed by atoms with van der Waals surface area (Å²) in [6.45, 7) is 1.23. The Bertz CT molecular complexity index is 642. The Morgan fingerprint density at radius 3 is 2.68 bits per heavy atom. The lowest BCUT2D eigenvalue weighted by molar-refractivity contribution is 0.0767. The molecule has 0 radical (unpaired) electrons. The maximum Gasteiger partial charge on any atom is 0.256 e. The molecule has 2 aromatic carbocycles. The van der Waals surface area contributed by atoms with E-state index in [1.165, 1.54) is 0 Å². The number of fused-ring (bicyclic) bond motifs is 1. The van der Waals surface area contributed by atoms with Gasteiger partial charge in [0.15, 0.2) is 0 Å². The Morgan fingerprint density at radius 2 is 1.95 bits per heavy atom. The second kappa shape index (κ2) is 4.99. The van der Waals surface area contributed by atoms with Crippen LogP contribution in [0.2, 0.25) is 5.02 Å². The van der Waals surface area contributed by atoms with Crippen molar-refractivity contribution in [1.29, 1.82) is 0 Å². The fraction of sp³-hybridized carbons (Fsp3) is 0.133. The van der Waals surface area contributed by atoms with E-state index < -0.39 is 0 Å². The maximum absolute atomic E-state index is 12.4. The highest BCUT2D eigenvalue weighted by molar-refractivity contribution is 9.10. The standard InChI is InChI=1S/C15H11BrClNO/c16-12-6-11-9-18(8-10-4-2-1-3-5-10)15(19)14(11)13(17)7-12/h1-7H,8-9H2. The molecule has 1 heterocycles. The van der Waals surface area contributed by atoms with E-state index in [0.29, 0.717) is 23.7 Å². The fourth-order valence-corrected chi connectivity index (χ4v) is 3.31. The smallest absolute Gasteiger partial charge is 0.256 e. The van der Waals surface area contributed by atoms with E-state index in [1.54, 1.807) is 6.07 Å². The third-order valence-corrected chi connectivity index (χ3v) is 3.97. The Hall–Kier alpha value is -1.32. The SMILES string of the molecule is O=C1c2c(Cl)cc(Br)cc2CN1Cc1ccccc1. The molecule has 0 aromatic heterocycles. The van der Waals surface area contributed by atoms with Crippen LogP contribution in [0.4, 0.5) is 0 Å². The fourth-order valence-electron chi connectivity index (χ4n) is 2.36. The number of rotatable bonds is 2. The highest BCUT2D eigenvalue weighted by atomic mass is 79.9. The van der Waals surface area contributed by atoms with Gasteiger partial charge in [0.2, 0.25) is 0 Å². The Labute approximate surface area is 125 Å². The molecule has 1 aliphatic rings. The van der Waals surface area contributed by atoms with Crippen LogP contribution in [0.1, 0.15) is 21.5 Å². The summed E-state index contributed by atoms with van der Waals surface area (Å²) in [7, 11) is 0. The highest BCUT2D eigenvalue weighted by Gasteiger charge is 2.29. The van der Waals surface area contributed by atoms with Gasteiger partial charge in [-0.25, -0.2) is 0 Å². The van der Waals surface area contributed by atoms with Crippen molar-refractivity contribution in [3.63, 3.8) is 0 Å². The molecule has 96 valence electrons. The van der Waals surface area contributed by atoms with Crippen LogP contribution in [0, 0.1) is 0 Å². The van der Waals surface area contributed by atoms with E-state index in [-0.39, 0.29) is 5.91 Å². The van der Waals surface area contributed by atoms with Crippen LogP contribution in [-0.2, 0) is 13.1 Å². The highest BCUT2D eigenvalue weighted by Crippen LogP contribution is 2.33. The Morgan fingerprint density at radius 1 is 1.21 bits per heavy atom. The first kappa shape index (κ1) is 12.7. The second-order valence-electron chi connectivity index (χ2n) is 4.57. The minimum absolute atomic E-state index is 0.0105. The first-order chi connectivity index (χ1) is 9.15. The average Bonchev–Trinajstić information content (AvgIpc) is 2.67. The van der Waals surface area contributed by atoms with Gasteiger partial charge in [-0.05, 0) is 23.3 Å². The van der Waals surface area contributed by atoms with Crippen molar-refractivity contribution in [3.8, 4) is 0 Å². The molecule has 0 aliphatic carbocycles. The molecule has 2 nitrogen and oxygen atoms in total. The second-order valence-corrected chi connectivity index (χ2v) is 5.89. The largest absolute Gasteiger partial charge is 0.330 e. The minimum atomic E-state index is 0.0105. The number of hydrogen-bond acceptors (Lipinski definition) is 1. The summed E-state index contributed by atoms with van der Waals surface area (Å²) in [4.78, 5) is 14.2. The summed E-state index contributed by atoms with van der Waals surface area (Å²) >= 11 is 9.57. The summed E-state index contributed by atoms with van der Waals surface area (Å²) in [5.74, 6) is 0.0105. The molecule has 4 heteroatoms. The summed E-state index contributed by atoms with van der Waals surface area (Å²) in [5.41, 5.74) is 2.75. The first-order valence-corrected chi connectivity index (χ1v) is 7.13. The maximum atomic E-state index is 12.4.